The molecule has 3 aromatic rings. The lowest BCUT2D eigenvalue weighted by atomic mass is 10.1. The molecule has 2 aromatic carbocycles. The summed E-state index contributed by atoms with van der Waals surface area (Å²) >= 11 is 0. The molecule has 0 saturated carbocycles. The minimum Gasteiger partial charge on any atom is -0.349 e. The Morgan fingerprint density at radius 1 is 1.00 bits per heavy atom. The second kappa shape index (κ2) is 8.14. The van der Waals surface area contributed by atoms with Gasteiger partial charge in [0, 0.05) is 6.54 Å². The first-order valence-corrected chi connectivity index (χ1v) is 9.36. The summed E-state index contributed by atoms with van der Waals surface area (Å²) < 4.78 is 1.62. The van der Waals surface area contributed by atoms with Gasteiger partial charge in [0.1, 0.15) is 0 Å². The van der Waals surface area contributed by atoms with Crippen molar-refractivity contribution in [3.63, 3.8) is 0 Å². The summed E-state index contributed by atoms with van der Waals surface area (Å²) in [5.74, 6) is -0.197. The number of likely N-dealkylation sites (tertiary alicyclic amines) is 1. The maximum absolute atomic E-state index is 12.6. The van der Waals surface area contributed by atoms with E-state index >= 15 is 0 Å². The molecule has 2 heterocycles. The number of para-hydroxylation sites is 1. The van der Waals surface area contributed by atoms with Crippen molar-refractivity contribution in [2.24, 2.45) is 0 Å². The number of rotatable bonds is 6. The van der Waals surface area contributed by atoms with Crippen LogP contribution in [-0.4, -0.2) is 45.4 Å². The van der Waals surface area contributed by atoms with Crippen molar-refractivity contribution in [1.29, 1.82) is 0 Å². The molecule has 1 aromatic heterocycles. The summed E-state index contributed by atoms with van der Waals surface area (Å²) in [5.41, 5.74) is 2.43. The number of nitrogens with one attached hydrogen (secondary N) is 1. The fourth-order valence-corrected chi connectivity index (χ4v) is 3.54. The van der Waals surface area contributed by atoms with Crippen molar-refractivity contribution in [2.45, 2.75) is 18.9 Å². The number of hydrogen-bond acceptors (Lipinski definition) is 4. The monoisotopic (exact) mass is 361 g/mol. The SMILES string of the molecule is O=C(NCC(c1ccccc1)N1CCCC1)c1cn(-c2ccccc2)nn1. The van der Waals surface area contributed by atoms with E-state index < -0.39 is 0 Å². The molecule has 138 valence electrons. The number of aromatic nitrogens is 3. The highest BCUT2D eigenvalue weighted by atomic mass is 16.2. The third kappa shape index (κ3) is 4.06. The minimum atomic E-state index is -0.197. The van der Waals surface area contributed by atoms with E-state index in [1.165, 1.54) is 18.4 Å². The second-order valence-electron chi connectivity index (χ2n) is 6.76. The van der Waals surface area contributed by atoms with Crippen LogP contribution in [0.5, 0.6) is 0 Å². The summed E-state index contributed by atoms with van der Waals surface area (Å²) in [6.07, 6.45) is 4.09. The highest BCUT2D eigenvalue weighted by Gasteiger charge is 2.24. The lowest BCUT2D eigenvalue weighted by Crippen LogP contribution is -2.36. The van der Waals surface area contributed by atoms with Gasteiger partial charge in [0.25, 0.3) is 5.91 Å². The average Bonchev–Trinajstić information content (AvgIpc) is 3.42. The van der Waals surface area contributed by atoms with Crippen LogP contribution in [0, 0.1) is 0 Å². The first-order chi connectivity index (χ1) is 13.3. The van der Waals surface area contributed by atoms with Gasteiger partial charge >= 0.3 is 0 Å². The molecular formula is C21H23N5O. The van der Waals surface area contributed by atoms with Crippen molar-refractivity contribution in [2.75, 3.05) is 19.6 Å². The molecule has 1 N–H and O–H groups in total. The Kier molecular flexibility index (Phi) is 5.25. The molecule has 0 bridgehead atoms. The zero-order valence-electron chi connectivity index (χ0n) is 15.2. The van der Waals surface area contributed by atoms with E-state index in [2.05, 4.69) is 32.7 Å². The summed E-state index contributed by atoms with van der Waals surface area (Å²) in [6, 6.07) is 20.2. The van der Waals surface area contributed by atoms with Gasteiger partial charge in [-0.3, -0.25) is 9.69 Å². The second-order valence-corrected chi connectivity index (χ2v) is 6.76. The molecule has 1 atom stereocenters. The molecular weight excluding hydrogens is 338 g/mol. The molecule has 27 heavy (non-hydrogen) atoms. The third-order valence-electron chi connectivity index (χ3n) is 4.97. The van der Waals surface area contributed by atoms with Gasteiger partial charge in [-0.1, -0.05) is 53.7 Å². The standard InChI is InChI=1S/C21H23N5O/c27-21(19-16-26(24-23-19)18-11-5-2-6-12-18)22-15-20(25-13-7-8-14-25)17-9-3-1-4-10-17/h1-6,9-12,16,20H,7-8,13-15H2,(H,22,27). The zero-order chi connectivity index (χ0) is 18.5. The molecule has 0 aliphatic carbocycles. The number of hydrogen-bond donors (Lipinski definition) is 1. The minimum absolute atomic E-state index is 0.182. The molecule has 1 unspecified atom stereocenters. The van der Waals surface area contributed by atoms with Crippen LogP contribution in [0.25, 0.3) is 5.69 Å². The Morgan fingerprint density at radius 3 is 2.37 bits per heavy atom. The van der Waals surface area contributed by atoms with Crippen molar-refractivity contribution < 1.29 is 4.79 Å². The highest BCUT2D eigenvalue weighted by molar-refractivity contribution is 5.91. The fourth-order valence-electron chi connectivity index (χ4n) is 3.54. The molecule has 6 nitrogen and oxygen atoms in total. The fraction of sp³-hybridized carbons (Fsp3) is 0.286. The van der Waals surface area contributed by atoms with E-state index in [0.29, 0.717) is 12.2 Å². The Balaban J connectivity index is 1.45. The van der Waals surface area contributed by atoms with Crippen molar-refractivity contribution in [1.82, 2.24) is 25.2 Å². The largest absolute Gasteiger partial charge is 0.349 e. The molecule has 1 fully saturated rings. The summed E-state index contributed by atoms with van der Waals surface area (Å²) in [6.45, 7) is 2.69. The quantitative estimate of drug-likeness (QED) is 0.733. The highest BCUT2D eigenvalue weighted by Crippen LogP contribution is 2.24. The molecule has 1 aliphatic rings. The van der Waals surface area contributed by atoms with E-state index in [-0.39, 0.29) is 11.9 Å². The van der Waals surface area contributed by atoms with E-state index in [1.54, 1.807) is 10.9 Å². The van der Waals surface area contributed by atoms with Crippen LogP contribution in [-0.2, 0) is 0 Å². The first kappa shape index (κ1) is 17.4. The van der Waals surface area contributed by atoms with Gasteiger partial charge in [0.15, 0.2) is 5.69 Å². The number of nitrogens with zero attached hydrogens (tertiary/aromatic N) is 4. The number of benzene rings is 2. The van der Waals surface area contributed by atoms with Gasteiger partial charge < -0.3 is 5.32 Å². The van der Waals surface area contributed by atoms with Gasteiger partial charge in [-0.05, 0) is 43.6 Å². The van der Waals surface area contributed by atoms with Crippen LogP contribution in [0.2, 0.25) is 0 Å². The predicted octanol–water partition coefficient (Wildman–Crippen LogP) is 2.83. The Morgan fingerprint density at radius 2 is 1.67 bits per heavy atom. The number of amides is 1. The van der Waals surface area contributed by atoms with Crippen LogP contribution >= 0.6 is 0 Å². The maximum Gasteiger partial charge on any atom is 0.273 e. The van der Waals surface area contributed by atoms with Crippen LogP contribution in [0.3, 0.4) is 0 Å². The van der Waals surface area contributed by atoms with Crippen molar-refractivity contribution >= 4 is 5.91 Å². The van der Waals surface area contributed by atoms with Gasteiger partial charge in [0.05, 0.1) is 17.9 Å². The Bertz CT molecular complexity index is 872. The summed E-state index contributed by atoms with van der Waals surface area (Å²) in [4.78, 5) is 15.0. The van der Waals surface area contributed by atoms with E-state index in [4.69, 9.17) is 0 Å². The number of carbonyl (C=O) groups excluding carboxylic acids is 1. The van der Waals surface area contributed by atoms with Gasteiger partial charge in [0.2, 0.25) is 0 Å². The van der Waals surface area contributed by atoms with Crippen LogP contribution in [0.4, 0.5) is 0 Å². The normalized spacial score (nSPS) is 15.6. The molecule has 1 amide bonds. The molecule has 0 radical (unpaired) electrons. The molecule has 0 spiro atoms. The van der Waals surface area contributed by atoms with E-state index in [1.807, 2.05) is 48.5 Å². The number of carbonyl (C=O) groups is 1. The topological polar surface area (TPSA) is 63.1 Å². The van der Waals surface area contributed by atoms with Gasteiger partial charge in [-0.2, -0.15) is 0 Å². The maximum atomic E-state index is 12.6. The van der Waals surface area contributed by atoms with E-state index in [0.717, 1.165) is 18.8 Å². The van der Waals surface area contributed by atoms with Gasteiger partial charge in [-0.25, -0.2) is 4.68 Å². The van der Waals surface area contributed by atoms with Crippen LogP contribution in [0.15, 0.2) is 66.9 Å². The molecule has 1 saturated heterocycles. The zero-order valence-corrected chi connectivity index (χ0v) is 15.2. The Hall–Kier alpha value is -2.99. The molecule has 4 rings (SSSR count). The van der Waals surface area contributed by atoms with E-state index in [9.17, 15) is 4.79 Å². The summed E-state index contributed by atoms with van der Waals surface area (Å²) in [7, 11) is 0. The molecule has 6 heteroatoms. The van der Waals surface area contributed by atoms with Crippen LogP contribution < -0.4 is 5.32 Å². The van der Waals surface area contributed by atoms with Crippen LogP contribution in [0.1, 0.15) is 34.9 Å². The predicted molar refractivity (Wildman–Crippen MR) is 104 cm³/mol. The lowest BCUT2D eigenvalue weighted by molar-refractivity contribution is 0.0933. The average molecular weight is 361 g/mol. The van der Waals surface area contributed by atoms with Crippen molar-refractivity contribution in [3.8, 4) is 5.69 Å². The third-order valence-corrected chi connectivity index (χ3v) is 4.97. The first-order valence-electron chi connectivity index (χ1n) is 9.36. The molecule has 1 aliphatic heterocycles. The lowest BCUT2D eigenvalue weighted by Gasteiger charge is -2.28. The smallest absolute Gasteiger partial charge is 0.273 e. The van der Waals surface area contributed by atoms with Crippen molar-refractivity contribution in [3.05, 3.63) is 78.1 Å². The van der Waals surface area contributed by atoms with Gasteiger partial charge in [-0.15, -0.1) is 5.10 Å². The Labute approximate surface area is 158 Å². The summed E-state index contributed by atoms with van der Waals surface area (Å²) in [5, 5.41) is 11.1.